The summed E-state index contributed by atoms with van der Waals surface area (Å²) < 4.78 is 44.3. The quantitative estimate of drug-likeness (QED) is 0.294. The van der Waals surface area contributed by atoms with E-state index in [4.69, 9.17) is 19.6 Å². The number of ether oxygens (including phenoxy) is 2. The lowest BCUT2D eigenvalue weighted by Gasteiger charge is -2.11. The minimum absolute atomic E-state index is 0. The number of nitrogens with zero attached hydrogens (tertiary/aromatic N) is 1. The van der Waals surface area contributed by atoms with E-state index < -0.39 is 23.6 Å². The van der Waals surface area contributed by atoms with E-state index in [1.165, 1.54) is 13.2 Å². The van der Waals surface area contributed by atoms with Gasteiger partial charge in [-0.1, -0.05) is 36.4 Å². The van der Waals surface area contributed by atoms with Crippen LogP contribution >= 0.6 is 12.4 Å². The lowest BCUT2D eigenvalue weighted by molar-refractivity contribution is 0.0943. The molecule has 7 nitrogen and oxygen atoms in total. The fraction of sp³-hybridized carbons (Fsp3) is 0.185. The Bertz CT molecular complexity index is 1360. The van der Waals surface area contributed by atoms with Crippen LogP contribution in [0.5, 0.6) is 11.5 Å². The third kappa shape index (κ3) is 6.63. The number of nitrogens with two attached hydrogens (primary N) is 1. The van der Waals surface area contributed by atoms with Crippen molar-refractivity contribution in [2.75, 3.05) is 7.11 Å². The zero-order valence-electron chi connectivity index (χ0n) is 20.2. The number of carbonyl (C=O) groups is 1. The van der Waals surface area contributed by atoms with Gasteiger partial charge in [-0.05, 0) is 36.8 Å². The molecule has 0 bridgehead atoms. The molecule has 3 N–H and O–H groups in total. The Balaban J connectivity index is 0.00000380. The average molecular weight is 530 g/mol. The standard InChI is InChI=1S/C27H25F2N3O4.ClH/c1-16(30)25-24(26(33)31-14-19-8-10-20(28)13-21(19)29)32-27(36-25)18-9-11-22(34-2)23(12-18)35-15-17-6-4-3-5-7-17;/h3-13,16H,14-15,30H2,1-2H3,(H,31,33);1H. The van der Waals surface area contributed by atoms with Crippen molar-refractivity contribution in [1.29, 1.82) is 0 Å². The van der Waals surface area contributed by atoms with Gasteiger partial charge in [0.25, 0.3) is 5.91 Å². The highest BCUT2D eigenvalue weighted by Gasteiger charge is 2.24. The summed E-state index contributed by atoms with van der Waals surface area (Å²) in [6.45, 7) is 1.82. The Kier molecular flexibility index (Phi) is 9.21. The maximum Gasteiger partial charge on any atom is 0.273 e. The Hall–Kier alpha value is -3.95. The van der Waals surface area contributed by atoms with E-state index in [0.717, 1.165) is 17.7 Å². The summed E-state index contributed by atoms with van der Waals surface area (Å²) in [6, 6.07) is 17.3. The molecule has 37 heavy (non-hydrogen) atoms. The van der Waals surface area contributed by atoms with E-state index in [1.54, 1.807) is 25.1 Å². The molecule has 0 aliphatic heterocycles. The van der Waals surface area contributed by atoms with Gasteiger partial charge >= 0.3 is 0 Å². The lowest BCUT2D eigenvalue weighted by atomic mass is 10.2. The molecule has 1 atom stereocenters. The van der Waals surface area contributed by atoms with E-state index in [0.29, 0.717) is 23.7 Å². The van der Waals surface area contributed by atoms with Crippen LogP contribution in [-0.2, 0) is 13.2 Å². The van der Waals surface area contributed by atoms with Gasteiger partial charge in [-0.2, -0.15) is 0 Å². The Morgan fingerprint density at radius 1 is 1.08 bits per heavy atom. The molecule has 4 rings (SSSR count). The van der Waals surface area contributed by atoms with Crippen molar-refractivity contribution in [2.45, 2.75) is 26.1 Å². The summed E-state index contributed by atoms with van der Waals surface area (Å²) in [4.78, 5) is 17.2. The molecule has 1 unspecified atom stereocenters. The van der Waals surface area contributed by atoms with E-state index >= 15 is 0 Å². The second-order valence-electron chi connectivity index (χ2n) is 8.08. The number of rotatable bonds is 9. The molecule has 0 fully saturated rings. The molecule has 0 saturated carbocycles. The number of oxazole rings is 1. The minimum atomic E-state index is -0.759. The van der Waals surface area contributed by atoms with E-state index in [-0.39, 0.29) is 41.9 Å². The van der Waals surface area contributed by atoms with Gasteiger partial charge in [0.1, 0.15) is 18.2 Å². The Morgan fingerprint density at radius 2 is 1.84 bits per heavy atom. The molecule has 1 aromatic heterocycles. The van der Waals surface area contributed by atoms with Gasteiger partial charge in [0.05, 0.1) is 13.2 Å². The molecule has 4 aromatic rings. The van der Waals surface area contributed by atoms with Gasteiger partial charge in [-0.15, -0.1) is 12.4 Å². The molecule has 0 spiro atoms. The van der Waals surface area contributed by atoms with Crippen molar-refractivity contribution >= 4 is 18.3 Å². The van der Waals surface area contributed by atoms with Gasteiger partial charge in [-0.3, -0.25) is 4.79 Å². The smallest absolute Gasteiger partial charge is 0.273 e. The van der Waals surface area contributed by atoms with Crippen molar-refractivity contribution < 1.29 is 27.5 Å². The van der Waals surface area contributed by atoms with Crippen LogP contribution in [0, 0.1) is 11.6 Å². The van der Waals surface area contributed by atoms with Gasteiger partial charge in [0, 0.05) is 23.7 Å². The summed E-state index contributed by atoms with van der Waals surface area (Å²) in [5.74, 6) is -0.739. The van der Waals surface area contributed by atoms with Crippen molar-refractivity contribution in [2.24, 2.45) is 5.73 Å². The van der Waals surface area contributed by atoms with Crippen LogP contribution in [0.2, 0.25) is 0 Å². The summed E-state index contributed by atoms with van der Waals surface area (Å²) in [5, 5.41) is 2.58. The molecule has 1 heterocycles. The van der Waals surface area contributed by atoms with Crippen molar-refractivity contribution in [1.82, 2.24) is 10.3 Å². The maximum atomic E-state index is 13.9. The zero-order valence-corrected chi connectivity index (χ0v) is 21.0. The van der Waals surface area contributed by atoms with Crippen LogP contribution < -0.4 is 20.5 Å². The number of hydrogen-bond donors (Lipinski definition) is 2. The number of carbonyl (C=O) groups excluding carboxylic acids is 1. The topological polar surface area (TPSA) is 99.6 Å². The highest BCUT2D eigenvalue weighted by Crippen LogP contribution is 2.34. The van der Waals surface area contributed by atoms with Gasteiger partial charge in [0.2, 0.25) is 5.89 Å². The first kappa shape index (κ1) is 27.6. The number of hydrogen-bond acceptors (Lipinski definition) is 6. The molecule has 0 radical (unpaired) electrons. The molecule has 0 aliphatic carbocycles. The Morgan fingerprint density at radius 3 is 2.51 bits per heavy atom. The van der Waals surface area contributed by atoms with Crippen molar-refractivity contribution in [3.8, 4) is 23.0 Å². The number of nitrogens with one attached hydrogen (secondary N) is 1. The molecule has 3 aromatic carbocycles. The second kappa shape index (κ2) is 12.3. The third-order valence-electron chi connectivity index (χ3n) is 5.38. The summed E-state index contributed by atoms with van der Waals surface area (Å²) in [5.41, 5.74) is 7.66. The second-order valence-corrected chi connectivity index (χ2v) is 8.08. The maximum absolute atomic E-state index is 13.9. The molecule has 1 amide bonds. The first-order valence-electron chi connectivity index (χ1n) is 11.2. The third-order valence-corrected chi connectivity index (χ3v) is 5.38. The van der Waals surface area contributed by atoms with Gasteiger partial charge in [0.15, 0.2) is 23.0 Å². The number of methoxy groups -OCH3 is 1. The largest absolute Gasteiger partial charge is 0.493 e. The Labute approximate surface area is 219 Å². The van der Waals surface area contributed by atoms with Crippen LogP contribution in [0.15, 0.2) is 71.1 Å². The van der Waals surface area contributed by atoms with Gasteiger partial charge in [-0.25, -0.2) is 13.8 Å². The molecule has 0 aliphatic rings. The highest BCUT2D eigenvalue weighted by atomic mass is 35.5. The number of halogens is 3. The van der Waals surface area contributed by atoms with Gasteiger partial charge < -0.3 is 24.9 Å². The fourth-order valence-electron chi connectivity index (χ4n) is 3.51. The molecule has 10 heteroatoms. The average Bonchev–Trinajstić information content (AvgIpc) is 3.33. The zero-order chi connectivity index (χ0) is 25.7. The van der Waals surface area contributed by atoms with E-state index in [9.17, 15) is 13.6 Å². The monoisotopic (exact) mass is 529 g/mol. The van der Waals surface area contributed by atoms with Crippen LogP contribution in [0.25, 0.3) is 11.5 Å². The fourth-order valence-corrected chi connectivity index (χ4v) is 3.51. The molecule has 194 valence electrons. The van der Waals surface area contributed by atoms with Crippen LogP contribution in [0.1, 0.15) is 40.3 Å². The number of benzene rings is 3. The number of aromatic nitrogens is 1. The van der Waals surface area contributed by atoms with Crippen LogP contribution in [0.4, 0.5) is 8.78 Å². The molecular weight excluding hydrogens is 504 g/mol. The molecular formula is C27H26ClF2N3O4. The minimum Gasteiger partial charge on any atom is -0.493 e. The lowest BCUT2D eigenvalue weighted by Crippen LogP contribution is -2.25. The predicted octanol–water partition coefficient (Wildman–Crippen LogP) is 5.58. The van der Waals surface area contributed by atoms with E-state index in [2.05, 4.69) is 10.3 Å². The first-order valence-corrected chi connectivity index (χ1v) is 11.2. The predicted molar refractivity (Wildman–Crippen MR) is 137 cm³/mol. The summed E-state index contributed by atoms with van der Waals surface area (Å²) in [6.07, 6.45) is 0. The summed E-state index contributed by atoms with van der Waals surface area (Å²) in [7, 11) is 1.54. The van der Waals surface area contributed by atoms with E-state index in [1.807, 2.05) is 30.3 Å². The highest BCUT2D eigenvalue weighted by molar-refractivity contribution is 5.94. The van der Waals surface area contributed by atoms with Crippen LogP contribution in [0.3, 0.4) is 0 Å². The SMILES string of the molecule is COc1ccc(-c2nc(C(=O)NCc3ccc(F)cc3F)c(C(C)N)o2)cc1OCc1ccccc1.Cl. The van der Waals surface area contributed by atoms with Crippen LogP contribution in [-0.4, -0.2) is 18.0 Å². The van der Waals surface area contributed by atoms with Crippen molar-refractivity contribution in [3.63, 3.8) is 0 Å². The molecule has 0 saturated heterocycles. The number of amides is 1. The summed E-state index contributed by atoms with van der Waals surface area (Å²) >= 11 is 0. The van der Waals surface area contributed by atoms with Crippen molar-refractivity contribution in [3.05, 3.63) is 101 Å². The normalized spacial score (nSPS) is 11.4. The first-order chi connectivity index (χ1) is 17.4.